The van der Waals surface area contributed by atoms with Crippen molar-refractivity contribution in [1.82, 2.24) is 0 Å². The van der Waals surface area contributed by atoms with Crippen LogP contribution in [0.25, 0.3) is 0 Å². The molecule has 1 unspecified atom stereocenters. The van der Waals surface area contributed by atoms with E-state index in [9.17, 15) is 0 Å². The van der Waals surface area contributed by atoms with E-state index < -0.39 is 0 Å². The number of fused-ring (bicyclic) bond motifs is 1. The quantitative estimate of drug-likeness (QED) is 0.785. The number of rotatable bonds is 2. The van der Waals surface area contributed by atoms with Crippen LogP contribution in [0.5, 0.6) is 0 Å². The molecule has 1 nitrogen and oxygen atoms in total. The van der Waals surface area contributed by atoms with Crippen LogP contribution >= 0.6 is 0 Å². The van der Waals surface area contributed by atoms with Gasteiger partial charge in [0.2, 0.25) is 0 Å². The van der Waals surface area contributed by atoms with Crippen molar-refractivity contribution in [2.24, 2.45) is 11.7 Å². The molecule has 2 rings (SSSR count). The average molecular weight is 203 g/mol. The van der Waals surface area contributed by atoms with Gasteiger partial charge >= 0.3 is 0 Å². The largest absolute Gasteiger partial charge is 0.327 e. The van der Waals surface area contributed by atoms with Crippen LogP contribution in [-0.4, -0.2) is 6.04 Å². The van der Waals surface area contributed by atoms with Crippen LogP contribution in [0.15, 0.2) is 18.2 Å². The molecule has 0 bridgehead atoms. The van der Waals surface area contributed by atoms with E-state index in [-0.39, 0.29) is 0 Å². The van der Waals surface area contributed by atoms with Gasteiger partial charge in [-0.15, -0.1) is 0 Å². The van der Waals surface area contributed by atoms with Gasteiger partial charge in [0.15, 0.2) is 0 Å². The first kappa shape index (κ1) is 10.7. The summed E-state index contributed by atoms with van der Waals surface area (Å²) >= 11 is 0. The molecular formula is C14H21N. The van der Waals surface area contributed by atoms with Crippen molar-refractivity contribution in [3.05, 3.63) is 34.9 Å². The van der Waals surface area contributed by atoms with E-state index >= 15 is 0 Å². The summed E-state index contributed by atoms with van der Waals surface area (Å²) in [6.45, 7) is 4.56. The van der Waals surface area contributed by atoms with Gasteiger partial charge in [-0.3, -0.25) is 0 Å². The average Bonchev–Trinajstić information content (AvgIpc) is 2.18. The summed E-state index contributed by atoms with van der Waals surface area (Å²) in [5.41, 5.74) is 10.7. The van der Waals surface area contributed by atoms with Gasteiger partial charge in [-0.2, -0.15) is 0 Å². The maximum absolute atomic E-state index is 6.05. The van der Waals surface area contributed by atoms with Gasteiger partial charge in [-0.1, -0.05) is 32.0 Å². The zero-order chi connectivity index (χ0) is 10.8. The Labute approximate surface area is 92.7 Å². The third kappa shape index (κ3) is 2.40. The molecule has 0 aliphatic heterocycles. The van der Waals surface area contributed by atoms with Crippen molar-refractivity contribution in [3.63, 3.8) is 0 Å². The van der Waals surface area contributed by atoms with Gasteiger partial charge in [-0.05, 0) is 48.3 Å². The second-order valence-corrected chi connectivity index (χ2v) is 5.16. The Bertz CT molecular complexity index is 341. The first-order valence-corrected chi connectivity index (χ1v) is 6.02. The van der Waals surface area contributed by atoms with Crippen LogP contribution in [0.3, 0.4) is 0 Å². The van der Waals surface area contributed by atoms with Gasteiger partial charge in [-0.25, -0.2) is 0 Å². The Morgan fingerprint density at radius 3 is 2.93 bits per heavy atom. The monoisotopic (exact) mass is 203 g/mol. The van der Waals surface area contributed by atoms with Crippen LogP contribution in [-0.2, 0) is 19.3 Å². The molecule has 0 fully saturated rings. The van der Waals surface area contributed by atoms with E-state index in [4.69, 9.17) is 5.73 Å². The van der Waals surface area contributed by atoms with E-state index in [1.807, 2.05) is 0 Å². The fourth-order valence-electron chi connectivity index (χ4n) is 2.52. The highest BCUT2D eigenvalue weighted by Gasteiger charge is 2.18. The summed E-state index contributed by atoms with van der Waals surface area (Å²) in [5, 5.41) is 0. The van der Waals surface area contributed by atoms with Crippen molar-refractivity contribution in [3.8, 4) is 0 Å². The van der Waals surface area contributed by atoms with E-state index in [0.29, 0.717) is 6.04 Å². The Hall–Kier alpha value is -0.820. The normalized spacial score (nSPS) is 20.4. The van der Waals surface area contributed by atoms with Crippen molar-refractivity contribution >= 4 is 0 Å². The summed E-state index contributed by atoms with van der Waals surface area (Å²) in [6, 6.07) is 7.13. The van der Waals surface area contributed by atoms with Crippen molar-refractivity contribution in [1.29, 1.82) is 0 Å². The molecular weight excluding hydrogens is 182 g/mol. The lowest BCUT2D eigenvalue weighted by Gasteiger charge is -2.24. The lowest BCUT2D eigenvalue weighted by Crippen LogP contribution is -2.28. The summed E-state index contributed by atoms with van der Waals surface area (Å²) in [6.07, 6.45) is 4.59. The highest BCUT2D eigenvalue weighted by Crippen LogP contribution is 2.25. The lowest BCUT2D eigenvalue weighted by atomic mass is 9.84. The minimum absolute atomic E-state index is 0.380. The smallest absolute Gasteiger partial charge is 0.00826 e. The van der Waals surface area contributed by atoms with Crippen LogP contribution in [0.4, 0.5) is 0 Å². The Morgan fingerprint density at radius 2 is 2.20 bits per heavy atom. The third-order valence-corrected chi connectivity index (χ3v) is 3.25. The van der Waals surface area contributed by atoms with Gasteiger partial charge in [0.05, 0.1) is 0 Å². The SMILES string of the molecule is CC(C)Cc1cccc2c1CC(N)CC2. The first-order chi connectivity index (χ1) is 7.16. The molecule has 0 amide bonds. The molecule has 1 aliphatic rings. The van der Waals surface area contributed by atoms with E-state index in [0.717, 1.165) is 18.8 Å². The van der Waals surface area contributed by atoms with Gasteiger partial charge in [0, 0.05) is 6.04 Å². The van der Waals surface area contributed by atoms with Gasteiger partial charge in [0.1, 0.15) is 0 Å². The second kappa shape index (κ2) is 4.36. The fourth-order valence-corrected chi connectivity index (χ4v) is 2.52. The standard InChI is InChI=1S/C14H21N/c1-10(2)8-12-5-3-4-11-6-7-13(15)9-14(11)12/h3-5,10,13H,6-9,15H2,1-2H3. The molecule has 1 aromatic carbocycles. The number of benzene rings is 1. The molecule has 1 heteroatoms. The predicted molar refractivity (Wildman–Crippen MR) is 65.0 cm³/mol. The maximum Gasteiger partial charge on any atom is 0.00826 e. The minimum Gasteiger partial charge on any atom is -0.327 e. The molecule has 0 aromatic heterocycles. The first-order valence-electron chi connectivity index (χ1n) is 6.02. The summed E-state index contributed by atoms with van der Waals surface area (Å²) in [5.74, 6) is 0.731. The number of hydrogen-bond acceptors (Lipinski definition) is 1. The van der Waals surface area contributed by atoms with E-state index in [1.165, 1.54) is 24.0 Å². The van der Waals surface area contributed by atoms with E-state index in [1.54, 1.807) is 5.56 Å². The molecule has 1 aliphatic carbocycles. The van der Waals surface area contributed by atoms with Crippen molar-refractivity contribution in [2.75, 3.05) is 0 Å². The Kier molecular flexibility index (Phi) is 3.11. The molecule has 2 N–H and O–H groups in total. The zero-order valence-electron chi connectivity index (χ0n) is 9.79. The van der Waals surface area contributed by atoms with Crippen molar-refractivity contribution < 1.29 is 0 Å². The number of nitrogens with two attached hydrogens (primary N) is 1. The van der Waals surface area contributed by atoms with Crippen LogP contribution in [0.2, 0.25) is 0 Å². The summed E-state index contributed by atoms with van der Waals surface area (Å²) < 4.78 is 0. The zero-order valence-corrected chi connectivity index (χ0v) is 9.79. The summed E-state index contributed by atoms with van der Waals surface area (Å²) in [4.78, 5) is 0. The third-order valence-electron chi connectivity index (χ3n) is 3.25. The highest BCUT2D eigenvalue weighted by molar-refractivity contribution is 5.38. The summed E-state index contributed by atoms with van der Waals surface area (Å²) in [7, 11) is 0. The highest BCUT2D eigenvalue weighted by atomic mass is 14.6. The molecule has 0 radical (unpaired) electrons. The van der Waals surface area contributed by atoms with Crippen LogP contribution in [0, 0.1) is 5.92 Å². The Morgan fingerprint density at radius 1 is 1.40 bits per heavy atom. The van der Waals surface area contributed by atoms with E-state index in [2.05, 4.69) is 32.0 Å². The topological polar surface area (TPSA) is 26.0 Å². The molecule has 1 aromatic rings. The molecule has 0 saturated heterocycles. The number of hydrogen-bond donors (Lipinski definition) is 1. The van der Waals surface area contributed by atoms with Crippen LogP contribution < -0.4 is 5.73 Å². The number of aryl methyl sites for hydroxylation is 1. The van der Waals surface area contributed by atoms with Crippen LogP contribution in [0.1, 0.15) is 37.0 Å². The molecule has 0 spiro atoms. The molecule has 0 heterocycles. The maximum atomic E-state index is 6.05. The predicted octanol–water partition coefficient (Wildman–Crippen LogP) is 2.70. The lowest BCUT2D eigenvalue weighted by molar-refractivity contribution is 0.564. The molecule has 82 valence electrons. The Balaban J connectivity index is 2.31. The van der Waals surface area contributed by atoms with Gasteiger partial charge < -0.3 is 5.73 Å². The minimum atomic E-state index is 0.380. The molecule has 1 atom stereocenters. The fraction of sp³-hybridized carbons (Fsp3) is 0.571. The molecule has 0 saturated carbocycles. The van der Waals surface area contributed by atoms with Crippen molar-refractivity contribution in [2.45, 2.75) is 45.6 Å². The van der Waals surface area contributed by atoms with Gasteiger partial charge in [0.25, 0.3) is 0 Å². The second-order valence-electron chi connectivity index (χ2n) is 5.16. The molecule has 15 heavy (non-hydrogen) atoms.